The van der Waals surface area contributed by atoms with Crippen LogP contribution in [-0.4, -0.2) is 16.2 Å². The summed E-state index contributed by atoms with van der Waals surface area (Å²) in [7, 11) is 0. The Morgan fingerprint density at radius 1 is 1.31 bits per heavy atom. The summed E-state index contributed by atoms with van der Waals surface area (Å²) in [6.45, 7) is 4.05. The molecule has 1 atom stereocenters. The van der Waals surface area contributed by atoms with Gasteiger partial charge in [0.2, 0.25) is 17.5 Å². The van der Waals surface area contributed by atoms with E-state index in [1.807, 2.05) is 13.8 Å². The monoisotopic (exact) mass is 390 g/mol. The SMILES string of the molecule is CC(C)c1[nH]nc2c1[C@@H](c1ccc(OC(=O)c3ccco3)cc1)C(C#N)=C(N)O2. The molecule has 29 heavy (non-hydrogen) atoms. The lowest BCUT2D eigenvalue weighted by atomic mass is 9.82. The molecular formula is C21H18N4O4. The van der Waals surface area contributed by atoms with Crippen LogP contribution < -0.4 is 15.2 Å². The number of allylic oxidation sites excluding steroid dienone is 1. The molecule has 0 saturated heterocycles. The van der Waals surface area contributed by atoms with Crippen molar-refractivity contribution in [1.29, 1.82) is 5.26 Å². The van der Waals surface area contributed by atoms with E-state index in [9.17, 15) is 10.1 Å². The predicted octanol–water partition coefficient (Wildman–Crippen LogP) is 3.56. The van der Waals surface area contributed by atoms with E-state index >= 15 is 0 Å². The minimum absolute atomic E-state index is 0.0279. The van der Waals surface area contributed by atoms with E-state index in [0.717, 1.165) is 16.8 Å². The van der Waals surface area contributed by atoms with Crippen LogP contribution >= 0.6 is 0 Å². The highest BCUT2D eigenvalue weighted by Gasteiger charge is 2.35. The van der Waals surface area contributed by atoms with Gasteiger partial charge in [-0.2, -0.15) is 5.26 Å². The molecule has 0 amide bonds. The number of hydrogen-bond donors (Lipinski definition) is 2. The van der Waals surface area contributed by atoms with Crippen LogP contribution in [-0.2, 0) is 0 Å². The summed E-state index contributed by atoms with van der Waals surface area (Å²) in [5, 5.41) is 16.9. The quantitative estimate of drug-likeness (QED) is 0.515. The van der Waals surface area contributed by atoms with Crippen LogP contribution in [0.15, 0.2) is 58.5 Å². The number of fused-ring (bicyclic) bond motifs is 1. The van der Waals surface area contributed by atoms with Gasteiger partial charge in [0.05, 0.1) is 17.7 Å². The predicted molar refractivity (Wildman–Crippen MR) is 102 cm³/mol. The number of nitrogens with one attached hydrogen (secondary N) is 1. The molecule has 0 unspecified atom stereocenters. The van der Waals surface area contributed by atoms with Gasteiger partial charge in [0, 0.05) is 5.69 Å². The maximum atomic E-state index is 12.0. The molecule has 4 rings (SSSR count). The fourth-order valence-corrected chi connectivity index (χ4v) is 3.32. The fourth-order valence-electron chi connectivity index (χ4n) is 3.32. The van der Waals surface area contributed by atoms with Crippen molar-refractivity contribution >= 4 is 5.97 Å². The van der Waals surface area contributed by atoms with Crippen molar-refractivity contribution in [3.63, 3.8) is 0 Å². The average molecular weight is 390 g/mol. The Bertz CT molecular complexity index is 1120. The van der Waals surface area contributed by atoms with Gasteiger partial charge in [-0.3, -0.25) is 5.10 Å². The second kappa shape index (κ2) is 7.20. The molecule has 1 aromatic carbocycles. The number of ether oxygens (including phenoxy) is 2. The van der Waals surface area contributed by atoms with Crippen molar-refractivity contribution in [2.24, 2.45) is 5.73 Å². The molecule has 0 saturated carbocycles. The first kappa shape index (κ1) is 18.4. The molecule has 3 N–H and O–H groups in total. The van der Waals surface area contributed by atoms with E-state index < -0.39 is 11.9 Å². The van der Waals surface area contributed by atoms with Crippen LogP contribution in [0.1, 0.15) is 53.1 Å². The van der Waals surface area contributed by atoms with Gasteiger partial charge in [-0.05, 0) is 35.7 Å². The van der Waals surface area contributed by atoms with E-state index in [-0.39, 0.29) is 17.6 Å². The Labute approximate surface area is 166 Å². The van der Waals surface area contributed by atoms with Crippen molar-refractivity contribution in [2.45, 2.75) is 25.7 Å². The van der Waals surface area contributed by atoms with E-state index in [1.54, 1.807) is 30.3 Å². The molecule has 0 aliphatic carbocycles. The highest BCUT2D eigenvalue weighted by molar-refractivity contribution is 5.88. The summed E-state index contributed by atoms with van der Waals surface area (Å²) in [4.78, 5) is 12.0. The van der Waals surface area contributed by atoms with Gasteiger partial charge in [0.1, 0.15) is 17.4 Å². The minimum atomic E-state index is -0.588. The fraction of sp³-hybridized carbons (Fsp3) is 0.190. The van der Waals surface area contributed by atoms with Crippen LogP contribution in [0, 0.1) is 11.3 Å². The number of nitrogens with zero attached hydrogens (tertiary/aromatic N) is 2. The molecule has 0 fully saturated rings. The molecule has 0 spiro atoms. The number of aromatic nitrogens is 2. The summed E-state index contributed by atoms with van der Waals surface area (Å²) in [5.74, 6) is -0.0156. The summed E-state index contributed by atoms with van der Waals surface area (Å²) < 4.78 is 15.9. The maximum absolute atomic E-state index is 12.0. The van der Waals surface area contributed by atoms with Crippen molar-refractivity contribution < 1.29 is 18.7 Å². The van der Waals surface area contributed by atoms with E-state index in [4.69, 9.17) is 19.6 Å². The van der Waals surface area contributed by atoms with E-state index in [0.29, 0.717) is 17.2 Å². The average Bonchev–Trinajstić information content (AvgIpc) is 3.37. The number of carbonyl (C=O) groups excluding carboxylic acids is 1. The van der Waals surface area contributed by atoms with E-state index in [2.05, 4.69) is 16.3 Å². The zero-order valence-corrected chi connectivity index (χ0v) is 15.8. The van der Waals surface area contributed by atoms with Crippen LogP contribution in [0.5, 0.6) is 11.6 Å². The first-order valence-corrected chi connectivity index (χ1v) is 9.01. The first-order chi connectivity index (χ1) is 14.0. The number of nitriles is 1. The van der Waals surface area contributed by atoms with Crippen LogP contribution in [0.25, 0.3) is 0 Å². The summed E-state index contributed by atoms with van der Waals surface area (Å²) in [5.41, 5.74) is 8.73. The third kappa shape index (κ3) is 3.23. The van der Waals surface area contributed by atoms with Crippen LogP contribution in [0.3, 0.4) is 0 Å². The number of furan rings is 1. The third-order valence-corrected chi connectivity index (χ3v) is 4.69. The summed E-state index contributed by atoms with van der Waals surface area (Å²) >= 11 is 0. The summed E-state index contributed by atoms with van der Waals surface area (Å²) in [6.07, 6.45) is 1.40. The Hall–Kier alpha value is -3.99. The molecule has 3 heterocycles. The number of esters is 1. The molecule has 8 heteroatoms. The third-order valence-electron chi connectivity index (χ3n) is 4.69. The van der Waals surface area contributed by atoms with Crippen LogP contribution in [0.4, 0.5) is 0 Å². The second-order valence-electron chi connectivity index (χ2n) is 6.87. The second-order valence-corrected chi connectivity index (χ2v) is 6.87. The van der Waals surface area contributed by atoms with Gasteiger partial charge >= 0.3 is 5.97 Å². The lowest BCUT2D eigenvalue weighted by Gasteiger charge is -2.24. The normalized spacial score (nSPS) is 15.6. The number of H-pyrrole nitrogens is 1. The Morgan fingerprint density at radius 2 is 2.07 bits per heavy atom. The molecular weight excluding hydrogens is 372 g/mol. The number of nitrogens with two attached hydrogens (primary N) is 1. The smallest absolute Gasteiger partial charge is 0.379 e. The Morgan fingerprint density at radius 3 is 2.69 bits per heavy atom. The number of hydrogen-bond acceptors (Lipinski definition) is 7. The topological polar surface area (TPSA) is 127 Å². The van der Waals surface area contributed by atoms with Gasteiger partial charge < -0.3 is 19.6 Å². The van der Waals surface area contributed by atoms with Crippen molar-refractivity contribution in [2.75, 3.05) is 0 Å². The largest absolute Gasteiger partial charge is 0.457 e. The zero-order chi connectivity index (χ0) is 20.5. The molecule has 146 valence electrons. The standard InChI is InChI=1S/C21H18N4O4/c1-11(2)18-17-16(14(10-22)19(23)29-20(17)25-24-18)12-5-7-13(8-6-12)28-21(26)15-4-3-9-27-15/h3-9,11,16H,23H2,1-2H3,(H,24,25)/t16-/m0/s1. The van der Waals surface area contributed by atoms with E-state index in [1.165, 1.54) is 12.3 Å². The molecule has 8 nitrogen and oxygen atoms in total. The number of benzene rings is 1. The van der Waals surface area contributed by atoms with Gasteiger partial charge in [-0.25, -0.2) is 4.79 Å². The molecule has 2 aromatic heterocycles. The minimum Gasteiger partial charge on any atom is -0.457 e. The first-order valence-electron chi connectivity index (χ1n) is 9.01. The number of carbonyl (C=O) groups is 1. The Kier molecular flexibility index (Phi) is 4.56. The van der Waals surface area contributed by atoms with Crippen molar-refractivity contribution in [3.05, 3.63) is 76.7 Å². The lowest BCUT2D eigenvalue weighted by Crippen LogP contribution is -2.21. The molecule has 3 aromatic rings. The lowest BCUT2D eigenvalue weighted by molar-refractivity contribution is 0.0701. The molecule has 0 bridgehead atoms. The van der Waals surface area contributed by atoms with Crippen molar-refractivity contribution in [3.8, 4) is 17.7 Å². The van der Waals surface area contributed by atoms with Gasteiger partial charge in [-0.15, -0.1) is 5.10 Å². The molecule has 0 radical (unpaired) electrons. The molecule has 1 aliphatic heterocycles. The van der Waals surface area contributed by atoms with Crippen molar-refractivity contribution in [1.82, 2.24) is 10.2 Å². The zero-order valence-electron chi connectivity index (χ0n) is 15.8. The summed E-state index contributed by atoms with van der Waals surface area (Å²) in [6, 6.07) is 12.2. The van der Waals surface area contributed by atoms with Crippen LogP contribution in [0.2, 0.25) is 0 Å². The number of rotatable bonds is 4. The van der Waals surface area contributed by atoms with Gasteiger partial charge in [-0.1, -0.05) is 26.0 Å². The maximum Gasteiger partial charge on any atom is 0.379 e. The highest BCUT2D eigenvalue weighted by Crippen LogP contribution is 2.44. The highest BCUT2D eigenvalue weighted by atomic mass is 16.5. The van der Waals surface area contributed by atoms with Gasteiger partial charge in [0.25, 0.3) is 0 Å². The van der Waals surface area contributed by atoms with Gasteiger partial charge in [0.15, 0.2) is 0 Å². The Balaban J connectivity index is 1.69. The molecule has 1 aliphatic rings. The number of aromatic amines is 1.